The van der Waals surface area contributed by atoms with Crippen LogP contribution in [0, 0.1) is 0 Å². The molecule has 0 aliphatic heterocycles. The predicted molar refractivity (Wildman–Crippen MR) is 98.7 cm³/mol. The summed E-state index contributed by atoms with van der Waals surface area (Å²) >= 11 is 0. The molecule has 0 saturated carbocycles. The molecule has 138 valence electrons. The molecule has 2 aromatic rings. The number of carbonyl (C=O) groups is 2. The third-order valence-electron chi connectivity index (χ3n) is 3.97. The highest BCUT2D eigenvalue weighted by molar-refractivity contribution is 7.89. The first-order valence-corrected chi connectivity index (χ1v) is 10.0. The molecule has 1 unspecified atom stereocenters. The normalized spacial score (nSPS) is 12.4. The molecule has 0 aliphatic carbocycles. The molecule has 7 heteroatoms. The van der Waals surface area contributed by atoms with Crippen LogP contribution in [-0.4, -0.2) is 49.6 Å². The number of hydrogen-bond donors (Lipinski definition) is 1. The van der Waals surface area contributed by atoms with Crippen molar-refractivity contribution in [3.63, 3.8) is 0 Å². The number of carbonyl (C=O) groups excluding carboxylic acids is 1. The van der Waals surface area contributed by atoms with E-state index in [0.717, 1.165) is 11.8 Å². The Morgan fingerprint density at radius 3 is 2.08 bits per heavy atom. The molecule has 0 heterocycles. The number of carboxylic acids is 1. The first kappa shape index (κ1) is 19.7. The molecule has 0 saturated heterocycles. The van der Waals surface area contributed by atoms with Gasteiger partial charge in [-0.2, -0.15) is 0 Å². The summed E-state index contributed by atoms with van der Waals surface area (Å²) in [6, 6.07) is 14.3. The molecule has 1 N–H and O–H groups in total. The van der Waals surface area contributed by atoms with Crippen LogP contribution in [0.4, 0.5) is 0 Å². The Bertz CT molecular complexity index is 876. The molecule has 0 spiro atoms. The van der Waals surface area contributed by atoms with E-state index in [0.29, 0.717) is 11.1 Å². The third-order valence-corrected chi connectivity index (χ3v) is 4.83. The van der Waals surface area contributed by atoms with Crippen LogP contribution in [0.15, 0.2) is 54.6 Å². The number of nitrogens with zero attached hydrogens (tertiary/aromatic N) is 1. The van der Waals surface area contributed by atoms with Crippen molar-refractivity contribution in [2.45, 2.75) is 18.2 Å². The predicted octanol–water partition coefficient (Wildman–Crippen LogP) is 2.00. The number of carboxylic acid groups (broad SMARTS) is 1. The summed E-state index contributed by atoms with van der Waals surface area (Å²) < 4.78 is 22.7. The fourth-order valence-corrected chi connectivity index (χ4v) is 3.42. The van der Waals surface area contributed by atoms with Crippen molar-refractivity contribution < 1.29 is 23.1 Å². The fourth-order valence-electron chi connectivity index (χ4n) is 2.62. The van der Waals surface area contributed by atoms with E-state index in [2.05, 4.69) is 0 Å². The van der Waals surface area contributed by atoms with Crippen molar-refractivity contribution in [3.8, 4) is 0 Å². The van der Waals surface area contributed by atoms with E-state index in [1.807, 2.05) is 30.3 Å². The monoisotopic (exact) mass is 375 g/mol. The lowest BCUT2D eigenvalue weighted by atomic mass is 10.0. The smallest absolute Gasteiger partial charge is 0.326 e. The van der Waals surface area contributed by atoms with Gasteiger partial charge >= 0.3 is 5.97 Å². The van der Waals surface area contributed by atoms with E-state index in [4.69, 9.17) is 0 Å². The van der Waals surface area contributed by atoms with Gasteiger partial charge in [-0.3, -0.25) is 4.79 Å². The summed E-state index contributed by atoms with van der Waals surface area (Å²) in [5.41, 5.74) is 1.71. The van der Waals surface area contributed by atoms with Crippen molar-refractivity contribution in [2.24, 2.45) is 0 Å². The second-order valence-corrected chi connectivity index (χ2v) is 8.37. The highest BCUT2D eigenvalue weighted by Crippen LogP contribution is 2.14. The summed E-state index contributed by atoms with van der Waals surface area (Å²) in [6.45, 7) is 0. The molecule has 0 fully saturated rings. The Hall–Kier alpha value is -2.67. The van der Waals surface area contributed by atoms with Crippen molar-refractivity contribution in [1.82, 2.24) is 4.90 Å². The van der Waals surface area contributed by atoms with Gasteiger partial charge in [-0.1, -0.05) is 42.5 Å². The molecule has 1 amide bonds. The maximum absolute atomic E-state index is 12.6. The first-order valence-electron chi connectivity index (χ1n) is 7.98. The Balaban J connectivity index is 2.16. The highest BCUT2D eigenvalue weighted by atomic mass is 32.2. The second kappa shape index (κ2) is 8.14. The van der Waals surface area contributed by atoms with Gasteiger partial charge in [0.05, 0.1) is 5.75 Å². The van der Waals surface area contributed by atoms with Crippen molar-refractivity contribution in [2.75, 3.05) is 13.3 Å². The number of aliphatic carboxylic acids is 1. The molecule has 0 bridgehead atoms. The summed E-state index contributed by atoms with van der Waals surface area (Å²) in [6.07, 6.45) is 1.34. The van der Waals surface area contributed by atoms with E-state index in [-0.39, 0.29) is 12.2 Å². The van der Waals surface area contributed by atoms with E-state index in [1.165, 1.54) is 24.1 Å². The zero-order valence-electron chi connectivity index (χ0n) is 14.6. The van der Waals surface area contributed by atoms with Crippen molar-refractivity contribution in [1.29, 1.82) is 0 Å². The van der Waals surface area contributed by atoms with Gasteiger partial charge in [-0.25, -0.2) is 13.2 Å². The molecule has 0 radical (unpaired) electrons. The molecule has 2 rings (SSSR count). The fraction of sp³-hybridized carbons (Fsp3) is 0.263. The Labute approximate surface area is 153 Å². The lowest BCUT2D eigenvalue weighted by Crippen LogP contribution is -2.43. The van der Waals surface area contributed by atoms with Gasteiger partial charge in [-0.15, -0.1) is 0 Å². The molecular weight excluding hydrogens is 354 g/mol. The minimum atomic E-state index is -3.16. The van der Waals surface area contributed by atoms with Gasteiger partial charge in [0.1, 0.15) is 6.04 Å². The van der Waals surface area contributed by atoms with E-state index < -0.39 is 27.8 Å². The number of amides is 1. The van der Waals surface area contributed by atoms with Crippen LogP contribution in [0.1, 0.15) is 21.5 Å². The standard InChI is InChI=1S/C19H21NO5S/c1-20(17(19(22)23)12-14-6-4-3-5-7-14)18(21)16-10-8-15(9-11-16)13-26(2,24)25/h3-11,17H,12-13H2,1-2H3,(H,22,23). The lowest BCUT2D eigenvalue weighted by molar-refractivity contribution is -0.141. The molecule has 1 atom stereocenters. The molecule has 0 aromatic heterocycles. The quantitative estimate of drug-likeness (QED) is 0.799. The SMILES string of the molecule is CN(C(=O)c1ccc(CS(C)(=O)=O)cc1)C(Cc1ccccc1)C(=O)O. The minimum absolute atomic E-state index is 0.108. The topological polar surface area (TPSA) is 91.8 Å². The second-order valence-electron chi connectivity index (χ2n) is 6.23. The molecule has 2 aromatic carbocycles. The lowest BCUT2D eigenvalue weighted by Gasteiger charge is -2.25. The van der Waals surface area contributed by atoms with Gasteiger partial charge < -0.3 is 10.0 Å². The van der Waals surface area contributed by atoms with Crippen LogP contribution in [0.3, 0.4) is 0 Å². The average Bonchev–Trinajstić information content (AvgIpc) is 2.58. The zero-order chi connectivity index (χ0) is 19.3. The average molecular weight is 375 g/mol. The molecule has 26 heavy (non-hydrogen) atoms. The van der Waals surface area contributed by atoms with Gasteiger partial charge in [0.15, 0.2) is 9.84 Å². The minimum Gasteiger partial charge on any atom is -0.480 e. The Morgan fingerprint density at radius 1 is 1.00 bits per heavy atom. The Morgan fingerprint density at radius 2 is 1.58 bits per heavy atom. The van der Waals surface area contributed by atoms with E-state index >= 15 is 0 Å². The van der Waals surface area contributed by atoms with Crippen LogP contribution < -0.4 is 0 Å². The highest BCUT2D eigenvalue weighted by Gasteiger charge is 2.27. The maximum atomic E-state index is 12.6. The maximum Gasteiger partial charge on any atom is 0.326 e. The summed E-state index contributed by atoms with van der Waals surface area (Å²) in [7, 11) is -1.71. The zero-order valence-corrected chi connectivity index (χ0v) is 15.4. The van der Waals surface area contributed by atoms with Crippen LogP contribution in [0.2, 0.25) is 0 Å². The number of likely N-dealkylation sites (N-methyl/N-ethyl adjacent to an activating group) is 1. The van der Waals surface area contributed by atoms with Crippen LogP contribution in [0.25, 0.3) is 0 Å². The summed E-state index contributed by atoms with van der Waals surface area (Å²) in [4.78, 5) is 25.4. The third kappa shape index (κ3) is 5.42. The number of rotatable bonds is 7. The molecule has 6 nitrogen and oxygen atoms in total. The summed E-state index contributed by atoms with van der Waals surface area (Å²) in [5.74, 6) is -1.62. The Kier molecular flexibility index (Phi) is 6.15. The van der Waals surface area contributed by atoms with Crippen molar-refractivity contribution >= 4 is 21.7 Å². The van der Waals surface area contributed by atoms with Gasteiger partial charge in [0, 0.05) is 25.3 Å². The van der Waals surface area contributed by atoms with Gasteiger partial charge in [0.25, 0.3) is 5.91 Å². The molecular formula is C19H21NO5S. The largest absolute Gasteiger partial charge is 0.480 e. The number of sulfone groups is 1. The first-order chi connectivity index (χ1) is 12.2. The van der Waals surface area contributed by atoms with Gasteiger partial charge in [-0.05, 0) is 23.3 Å². The van der Waals surface area contributed by atoms with Crippen LogP contribution in [-0.2, 0) is 26.8 Å². The van der Waals surface area contributed by atoms with E-state index in [1.54, 1.807) is 12.1 Å². The van der Waals surface area contributed by atoms with Crippen LogP contribution >= 0.6 is 0 Å². The number of hydrogen-bond acceptors (Lipinski definition) is 4. The number of benzene rings is 2. The van der Waals surface area contributed by atoms with Crippen molar-refractivity contribution in [3.05, 3.63) is 71.3 Å². The van der Waals surface area contributed by atoms with Crippen LogP contribution in [0.5, 0.6) is 0 Å². The summed E-state index contributed by atoms with van der Waals surface area (Å²) in [5, 5.41) is 9.51. The molecule has 0 aliphatic rings. The van der Waals surface area contributed by atoms with Gasteiger partial charge in [0.2, 0.25) is 0 Å². The van der Waals surface area contributed by atoms with E-state index in [9.17, 15) is 23.1 Å².